The predicted molar refractivity (Wildman–Crippen MR) is 69.6 cm³/mol. The number of ether oxygens (including phenoxy) is 1. The number of thiophene rings is 1. The zero-order valence-electron chi connectivity index (χ0n) is 9.30. The van der Waals surface area contributed by atoms with E-state index in [-0.39, 0.29) is 0 Å². The molecule has 0 fully saturated rings. The lowest BCUT2D eigenvalue weighted by Gasteiger charge is -2.02. The molecule has 0 aliphatic heterocycles. The van der Waals surface area contributed by atoms with Gasteiger partial charge in [-0.25, -0.2) is 9.97 Å². The van der Waals surface area contributed by atoms with E-state index in [0.29, 0.717) is 24.2 Å². The van der Waals surface area contributed by atoms with Crippen LogP contribution in [0.5, 0.6) is 0 Å². The van der Waals surface area contributed by atoms with Crippen LogP contribution in [0.4, 0.5) is 0 Å². The maximum Gasteiger partial charge on any atom is 0.157 e. The molecule has 3 aromatic heterocycles. The normalized spacial score (nSPS) is 11.2. The summed E-state index contributed by atoms with van der Waals surface area (Å²) in [5, 5.41) is 3.30. The third kappa shape index (κ3) is 2.38. The van der Waals surface area contributed by atoms with Crippen molar-refractivity contribution in [3.05, 3.63) is 46.6 Å². The van der Waals surface area contributed by atoms with E-state index in [0.717, 1.165) is 16.0 Å². The highest BCUT2D eigenvalue weighted by Gasteiger charge is 2.07. The summed E-state index contributed by atoms with van der Waals surface area (Å²) in [6.07, 6.45) is 1.61. The molecule has 0 saturated carbocycles. The molecule has 0 unspecified atom stereocenters. The molecule has 4 nitrogen and oxygen atoms in total. The second kappa shape index (κ2) is 5.06. The molecular weight excluding hydrogens is 272 g/mol. The first-order valence-electron chi connectivity index (χ1n) is 5.32. The van der Waals surface area contributed by atoms with Crippen LogP contribution in [-0.4, -0.2) is 9.97 Å². The molecular formula is C12H9ClN2O2S. The van der Waals surface area contributed by atoms with Gasteiger partial charge >= 0.3 is 0 Å². The quantitative estimate of drug-likeness (QED) is 0.684. The van der Waals surface area contributed by atoms with Crippen LogP contribution in [0.1, 0.15) is 11.6 Å². The molecule has 6 heteroatoms. The minimum atomic E-state index is 0.314. The largest absolute Gasteiger partial charge is 0.467 e. The third-order valence-electron chi connectivity index (χ3n) is 2.38. The van der Waals surface area contributed by atoms with Crippen molar-refractivity contribution in [3.8, 4) is 0 Å². The van der Waals surface area contributed by atoms with Gasteiger partial charge in [-0.15, -0.1) is 11.3 Å². The lowest BCUT2D eigenvalue weighted by atomic mass is 10.4. The van der Waals surface area contributed by atoms with Gasteiger partial charge in [-0.2, -0.15) is 0 Å². The Hall–Kier alpha value is -1.43. The fourth-order valence-electron chi connectivity index (χ4n) is 1.56. The summed E-state index contributed by atoms with van der Waals surface area (Å²) in [6.45, 7) is 0.713. The van der Waals surface area contributed by atoms with E-state index in [2.05, 4.69) is 9.97 Å². The van der Waals surface area contributed by atoms with Gasteiger partial charge in [0.25, 0.3) is 0 Å². The molecule has 3 heterocycles. The number of hydrogen-bond acceptors (Lipinski definition) is 5. The van der Waals surface area contributed by atoms with Crippen molar-refractivity contribution in [2.24, 2.45) is 0 Å². The molecule has 0 aromatic carbocycles. The fraction of sp³-hybridized carbons (Fsp3) is 0.167. The molecule has 0 aliphatic rings. The molecule has 18 heavy (non-hydrogen) atoms. The molecule has 3 aromatic rings. The molecule has 3 rings (SSSR count). The summed E-state index contributed by atoms with van der Waals surface area (Å²) in [7, 11) is 0. The van der Waals surface area contributed by atoms with Crippen LogP contribution in [-0.2, 0) is 18.0 Å². The summed E-state index contributed by atoms with van der Waals surface area (Å²) in [5.41, 5.74) is 0. The van der Waals surface area contributed by atoms with Crippen LogP contribution in [0.3, 0.4) is 0 Å². The highest BCUT2D eigenvalue weighted by molar-refractivity contribution is 7.16. The number of hydrogen-bond donors (Lipinski definition) is 0. The van der Waals surface area contributed by atoms with Gasteiger partial charge < -0.3 is 9.15 Å². The van der Waals surface area contributed by atoms with Crippen LogP contribution in [0.15, 0.2) is 34.3 Å². The summed E-state index contributed by atoms with van der Waals surface area (Å²) in [6, 6.07) is 5.59. The van der Waals surface area contributed by atoms with Crippen molar-refractivity contribution < 1.29 is 9.15 Å². The smallest absolute Gasteiger partial charge is 0.157 e. The van der Waals surface area contributed by atoms with Gasteiger partial charge in [-0.1, -0.05) is 11.6 Å². The Morgan fingerprint density at radius 2 is 2.22 bits per heavy atom. The summed E-state index contributed by atoms with van der Waals surface area (Å²) in [5.74, 6) is 1.36. The second-order valence-corrected chi connectivity index (χ2v) is 4.89. The Morgan fingerprint density at radius 3 is 3.06 bits per heavy atom. The van der Waals surface area contributed by atoms with Crippen LogP contribution >= 0.6 is 22.9 Å². The maximum atomic E-state index is 6.06. The molecule has 0 bridgehead atoms. The summed E-state index contributed by atoms with van der Waals surface area (Å²) >= 11 is 7.60. The zero-order valence-corrected chi connectivity index (χ0v) is 10.9. The van der Waals surface area contributed by atoms with Crippen molar-refractivity contribution >= 4 is 33.2 Å². The van der Waals surface area contributed by atoms with Gasteiger partial charge in [0.05, 0.1) is 6.26 Å². The van der Waals surface area contributed by atoms with Crippen molar-refractivity contribution in [2.75, 3.05) is 0 Å². The summed E-state index contributed by atoms with van der Waals surface area (Å²) in [4.78, 5) is 9.46. The van der Waals surface area contributed by atoms with Crippen LogP contribution in [0.25, 0.3) is 10.2 Å². The van der Waals surface area contributed by atoms with E-state index < -0.39 is 0 Å². The molecule has 0 amide bonds. The minimum absolute atomic E-state index is 0.314. The molecule has 0 aliphatic carbocycles. The molecule has 0 N–H and O–H groups in total. The third-order valence-corrected chi connectivity index (χ3v) is 3.48. The molecule has 0 saturated heterocycles. The highest BCUT2D eigenvalue weighted by atomic mass is 35.5. The molecule has 0 radical (unpaired) electrons. The number of furan rings is 1. The Bertz CT molecular complexity index is 651. The van der Waals surface area contributed by atoms with Gasteiger partial charge in [-0.3, -0.25) is 0 Å². The number of rotatable bonds is 4. The number of halogens is 1. The summed E-state index contributed by atoms with van der Waals surface area (Å²) < 4.78 is 10.6. The molecule has 92 valence electrons. The first-order valence-corrected chi connectivity index (χ1v) is 6.58. The van der Waals surface area contributed by atoms with Gasteiger partial charge in [0, 0.05) is 5.39 Å². The van der Waals surface area contributed by atoms with Crippen molar-refractivity contribution in [1.82, 2.24) is 9.97 Å². The Morgan fingerprint density at radius 1 is 1.28 bits per heavy atom. The van der Waals surface area contributed by atoms with Crippen molar-refractivity contribution in [1.29, 1.82) is 0 Å². The van der Waals surface area contributed by atoms with Gasteiger partial charge in [0.2, 0.25) is 0 Å². The lowest BCUT2D eigenvalue weighted by Crippen LogP contribution is -1.99. The van der Waals surface area contributed by atoms with Crippen LogP contribution in [0, 0.1) is 0 Å². The zero-order chi connectivity index (χ0) is 12.4. The SMILES string of the molecule is Clc1nc(COCc2ccco2)nc2sccc12. The molecule has 0 atom stereocenters. The monoisotopic (exact) mass is 280 g/mol. The Balaban J connectivity index is 1.70. The number of aromatic nitrogens is 2. The van der Waals surface area contributed by atoms with E-state index in [1.54, 1.807) is 6.26 Å². The van der Waals surface area contributed by atoms with Gasteiger partial charge in [0.1, 0.15) is 29.0 Å². The lowest BCUT2D eigenvalue weighted by molar-refractivity contribution is 0.0883. The van der Waals surface area contributed by atoms with Crippen molar-refractivity contribution in [2.45, 2.75) is 13.2 Å². The topological polar surface area (TPSA) is 48.2 Å². The van der Waals surface area contributed by atoms with Crippen LogP contribution in [0.2, 0.25) is 5.15 Å². The first-order chi connectivity index (χ1) is 8.83. The number of nitrogens with zero attached hydrogens (tertiary/aromatic N) is 2. The predicted octanol–water partition coefficient (Wildman–Crippen LogP) is 3.65. The van der Waals surface area contributed by atoms with Gasteiger partial charge in [-0.05, 0) is 23.6 Å². The van der Waals surface area contributed by atoms with E-state index in [9.17, 15) is 0 Å². The Labute approximate surface area is 112 Å². The van der Waals surface area contributed by atoms with Gasteiger partial charge in [0.15, 0.2) is 5.82 Å². The minimum Gasteiger partial charge on any atom is -0.467 e. The molecule has 0 spiro atoms. The van der Waals surface area contributed by atoms with E-state index in [1.807, 2.05) is 23.6 Å². The standard InChI is InChI=1S/C12H9ClN2O2S/c13-11-9-3-5-18-12(9)15-10(14-11)7-16-6-8-2-1-4-17-8/h1-5H,6-7H2. The average molecular weight is 281 g/mol. The Kier molecular flexibility index (Phi) is 3.27. The van der Waals surface area contributed by atoms with E-state index >= 15 is 0 Å². The average Bonchev–Trinajstić information content (AvgIpc) is 2.99. The van der Waals surface area contributed by atoms with E-state index in [4.69, 9.17) is 20.8 Å². The number of fused-ring (bicyclic) bond motifs is 1. The maximum absolute atomic E-state index is 6.06. The highest BCUT2D eigenvalue weighted by Crippen LogP contribution is 2.24. The fourth-order valence-corrected chi connectivity index (χ4v) is 2.65. The second-order valence-electron chi connectivity index (χ2n) is 3.64. The van der Waals surface area contributed by atoms with E-state index in [1.165, 1.54) is 11.3 Å². The first kappa shape index (κ1) is 11.6. The van der Waals surface area contributed by atoms with Crippen LogP contribution < -0.4 is 0 Å². The van der Waals surface area contributed by atoms with Crippen molar-refractivity contribution in [3.63, 3.8) is 0 Å².